The van der Waals surface area contributed by atoms with Gasteiger partial charge in [-0.3, -0.25) is 4.79 Å². The molecule has 4 nitrogen and oxygen atoms in total. The molecule has 0 spiro atoms. The van der Waals surface area contributed by atoms with E-state index in [-0.39, 0.29) is 12.7 Å². The van der Waals surface area contributed by atoms with Gasteiger partial charge in [0, 0.05) is 12.1 Å². The second-order valence-electron chi connectivity index (χ2n) is 4.55. The van der Waals surface area contributed by atoms with Crippen LogP contribution in [0.3, 0.4) is 0 Å². The lowest BCUT2D eigenvalue weighted by molar-refractivity contribution is -0.123. The van der Waals surface area contributed by atoms with Gasteiger partial charge in [0.15, 0.2) is 11.6 Å². The average Bonchev–Trinajstić information content (AvgIpc) is 2.44. The molecule has 0 aliphatic carbocycles. The number of halogens is 3. The van der Waals surface area contributed by atoms with Crippen LogP contribution in [0.1, 0.15) is 12.8 Å². The van der Waals surface area contributed by atoms with Crippen LogP contribution in [0.5, 0.6) is 0 Å². The molecule has 0 saturated carbocycles. The minimum absolute atomic E-state index is 0.0169. The van der Waals surface area contributed by atoms with Crippen molar-refractivity contribution in [1.29, 1.82) is 0 Å². The number of hydrogen-bond acceptors (Lipinski definition) is 3. The minimum atomic E-state index is -1.30. The number of carbonyl (C=O) groups is 1. The third-order valence-electron chi connectivity index (χ3n) is 3.02. The SMILES string of the molecule is O=C(COC1CCNCC1)Nc1cc(F)c(F)cc1F. The number of nitrogens with one attached hydrogen (secondary N) is 2. The molecule has 1 aliphatic rings. The van der Waals surface area contributed by atoms with E-state index in [9.17, 15) is 18.0 Å². The quantitative estimate of drug-likeness (QED) is 0.831. The molecule has 7 heteroatoms. The summed E-state index contributed by atoms with van der Waals surface area (Å²) in [4.78, 5) is 11.6. The summed E-state index contributed by atoms with van der Waals surface area (Å²) in [7, 11) is 0. The van der Waals surface area contributed by atoms with Crippen molar-refractivity contribution in [3.8, 4) is 0 Å². The number of benzene rings is 1. The van der Waals surface area contributed by atoms with Gasteiger partial charge in [0.2, 0.25) is 5.91 Å². The molecule has 0 aromatic heterocycles. The van der Waals surface area contributed by atoms with Crippen molar-refractivity contribution in [3.05, 3.63) is 29.6 Å². The van der Waals surface area contributed by atoms with Crippen molar-refractivity contribution in [2.45, 2.75) is 18.9 Å². The van der Waals surface area contributed by atoms with Crippen molar-refractivity contribution in [1.82, 2.24) is 5.32 Å². The Morgan fingerprint density at radius 3 is 2.55 bits per heavy atom. The molecule has 110 valence electrons. The third kappa shape index (κ3) is 3.94. The monoisotopic (exact) mass is 288 g/mol. The standard InChI is InChI=1S/C13H15F3N2O2/c14-9-5-11(16)12(6-10(9)15)18-13(19)7-20-8-1-3-17-4-2-8/h5-6,8,17H,1-4,7H2,(H,18,19). The smallest absolute Gasteiger partial charge is 0.250 e. The Morgan fingerprint density at radius 1 is 1.20 bits per heavy atom. The highest BCUT2D eigenvalue weighted by molar-refractivity contribution is 5.91. The maximum atomic E-state index is 13.3. The second kappa shape index (κ2) is 6.71. The molecule has 20 heavy (non-hydrogen) atoms. The predicted molar refractivity (Wildman–Crippen MR) is 66.8 cm³/mol. The highest BCUT2D eigenvalue weighted by Crippen LogP contribution is 2.18. The third-order valence-corrected chi connectivity index (χ3v) is 3.02. The van der Waals surface area contributed by atoms with E-state index in [2.05, 4.69) is 10.6 Å². The van der Waals surface area contributed by atoms with Gasteiger partial charge in [-0.2, -0.15) is 0 Å². The number of amides is 1. The van der Waals surface area contributed by atoms with Gasteiger partial charge in [-0.15, -0.1) is 0 Å². The average molecular weight is 288 g/mol. The van der Waals surface area contributed by atoms with Crippen molar-refractivity contribution in [2.24, 2.45) is 0 Å². The summed E-state index contributed by atoms with van der Waals surface area (Å²) in [5, 5.41) is 5.31. The van der Waals surface area contributed by atoms with Crippen molar-refractivity contribution < 1.29 is 22.7 Å². The van der Waals surface area contributed by atoms with Crippen LogP contribution in [0.4, 0.5) is 18.9 Å². The van der Waals surface area contributed by atoms with Gasteiger partial charge in [-0.1, -0.05) is 0 Å². The largest absolute Gasteiger partial charge is 0.368 e. The Morgan fingerprint density at radius 2 is 1.85 bits per heavy atom. The van der Waals surface area contributed by atoms with Crippen LogP contribution in [-0.4, -0.2) is 31.7 Å². The van der Waals surface area contributed by atoms with E-state index in [1.165, 1.54) is 0 Å². The lowest BCUT2D eigenvalue weighted by Crippen LogP contribution is -2.34. The summed E-state index contributed by atoms with van der Waals surface area (Å²) in [6.07, 6.45) is 1.58. The van der Waals surface area contributed by atoms with E-state index in [0.717, 1.165) is 25.9 Å². The molecule has 0 radical (unpaired) electrons. The summed E-state index contributed by atoms with van der Waals surface area (Å²) in [5.74, 6) is -4.15. The Kier molecular flexibility index (Phi) is 4.97. The zero-order valence-electron chi connectivity index (χ0n) is 10.7. The molecule has 1 aromatic carbocycles. The fraction of sp³-hybridized carbons (Fsp3) is 0.462. The maximum absolute atomic E-state index is 13.3. The number of rotatable bonds is 4. The van der Waals surface area contributed by atoms with Crippen LogP contribution in [0.15, 0.2) is 12.1 Å². The van der Waals surface area contributed by atoms with Gasteiger partial charge in [0.1, 0.15) is 12.4 Å². The molecule has 1 saturated heterocycles. The zero-order chi connectivity index (χ0) is 14.5. The van der Waals surface area contributed by atoms with Gasteiger partial charge in [0.05, 0.1) is 11.8 Å². The Balaban J connectivity index is 1.86. The van der Waals surface area contributed by atoms with Gasteiger partial charge in [-0.05, 0) is 25.9 Å². The molecule has 1 aliphatic heterocycles. The van der Waals surface area contributed by atoms with E-state index in [1.54, 1.807) is 0 Å². The molecule has 2 N–H and O–H groups in total. The maximum Gasteiger partial charge on any atom is 0.250 e. The van der Waals surface area contributed by atoms with E-state index < -0.39 is 29.0 Å². The molecule has 0 bridgehead atoms. The van der Waals surface area contributed by atoms with E-state index in [1.807, 2.05) is 0 Å². The molecule has 1 amide bonds. The van der Waals surface area contributed by atoms with E-state index >= 15 is 0 Å². The van der Waals surface area contributed by atoms with E-state index in [4.69, 9.17) is 4.74 Å². The number of ether oxygens (including phenoxy) is 1. The van der Waals surface area contributed by atoms with Crippen molar-refractivity contribution >= 4 is 11.6 Å². The molecule has 1 aromatic rings. The Hall–Kier alpha value is -1.60. The summed E-state index contributed by atoms with van der Waals surface area (Å²) in [6.45, 7) is 1.40. The first-order valence-electron chi connectivity index (χ1n) is 6.33. The van der Waals surface area contributed by atoms with Crippen LogP contribution >= 0.6 is 0 Å². The molecule has 1 heterocycles. The highest BCUT2D eigenvalue weighted by atomic mass is 19.2. The summed E-state index contributed by atoms with van der Waals surface area (Å²) >= 11 is 0. The second-order valence-corrected chi connectivity index (χ2v) is 4.55. The minimum Gasteiger partial charge on any atom is -0.368 e. The fourth-order valence-corrected chi connectivity index (χ4v) is 1.96. The molecule has 1 fully saturated rings. The first-order valence-corrected chi connectivity index (χ1v) is 6.33. The lowest BCUT2D eigenvalue weighted by atomic mass is 10.1. The lowest BCUT2D eigenvalue weighted by Gasteiger charge is -2.22. The topological polar surface area (TPSA) is 50.4 Å². The summed E-state index contributed by atoms with van der Waals surface area (Å²) in [6, 6.07) is 0.992. The van der Waals surface area contributed by atoms with Crippen LogP contribution in [-0.2, 0) is 9.53 Å². The van der Waals surface area contributed by atoms with Gasteiger partial charge in [0.25, 0.3) is 0 Å². The van der Waals surface area contributed by atoms with Crippen molar-refractivity contribution in [2.75, 3.05) is 25.0 Å². The normalized spacial score (nSPS) is 16.1. The Bertz CT molecular complexity index is 491. The molecule has 0 atom stereocenters. The summed E-state index contributed by atoms with van der Waals surface area (Å²) in [5.41, 5.74) is -0.400. The predicted octanol–water partition coefficient (Wildman–Crippen LogP) is 1.81. The van der Waals surface area contributed by atoms with Crippen molar-refractivity contribution in [3.63, 3.8) is 0 Å². The molecular weight excluding hydrogens is 273 g/mol. The molecular formula is C13H15F3N2O2. The van der Waals surface area contributed by atoms with Crippen LogP contribution in [0, 0.1) is 17.5 Å². The fourth-order valence-electron chi connectivity index (χ4n) is 1.96. The molecule has 2 rings (SSSR count). The number of anilines is 1. The number of carbonyl (C=O) groups excluding carboxylic acids is 1. The number of hydrogen-bond donors (Lipinski definition) is 2. The van der Waals surface area contributed by atoms with Gasteiger partial charge in [-0.25, -0.2) is 13.2 Å². The first-order chi connectivity index (χ1) is 9.56. The summed E-state index contributed by atoms with van der Waals surface area (Å²) < 4.78 is 44.4. The first kappa shape index (κ1) is 14.8. The molecule has 0 unspecified atom stereocenters. The zero-order valence-corrected chi connectivity index (χ0v) is 10.7. The number of piperidine rings is 1. The van der Waals surface area contributed by atoms with Gasteiger partial charge < -0.3 is 15.4 Å². The van der Waals surface area contributed by atoms with Gasteiger partial charge >= 0.3 is 0 Å². The Labute approximate surface area is 114 Å². The highest BCUT2D eigenvalue weighted by Gasteiger charge is 2.16. The van der Waals surface area contributed by atoms with E-state index in [0.29, 0.717) is 12.1 Å². The van der Waals surface area contributed by atoms with Crippen LogP contribution in [0.25, 0.3) is 0 Å². The van der Waals surface area contributed by atoms with Crippen LogP contribution < -0.4 is 10.6 Å². The van der Waals surface area contributed by atoms with Crippen LogP contribution in [0.2, 0.25) is 0 Å².